The molecule has 8 nitrogen and oxygen atoms in total. The average Bonchev–Trinajstić information content (AvgIpc) is 3.40. The number of halogens is 2. The Hall–Kier alpha value is -2.40. The number of hydrogen-bond donors (Lipinski definition) is 2. The van der Waals surface area contributed by atoms with E-state index in [1.807, 2.05) is 18.4 Å². The van der Waals surface area contributed by atoms with Crippen molar-refractivity contribution in [3.8, 4) is 0 Å². The largest absolute Gasteiger partial charge is 0.342 e. The third-order valence-electron chi connectivity index (χ3n) is 4.48. The van der Waals surface area contributed by atoms with Crippen LogP contribution < -0.4 is 10.6 Å². The van der Waals surface area contributed by atoms with Crippen LogP contribution in [-0.2, 0) is 11.3 Å². The zero-order valence-electron chi connectivity index (χ0n) is 17.9. The van der Waals surface area contributed by atoms with Gasteiger partial charge in [0.15, 0.2) is 16.1 Å². The second-order valence-electron chi connectivity index (χ2n) is 7.23. The summed E-state index contributed by atoms with van der Waals surface area (Å²) in [6.45, 7) is 8.16. The van der Waals surface area contributed by atoms with E-state index in [0.717, 1.165) is 0 Å². The van der Waals surface area contributed by atoms with Gasteiger partial charge in [-0.3, -0.25) is 9.59 Å². The van der Waals surface area contributed by atoms with Gasteiger partial charge in [0, 0.05) is 23.1 Å². The van der Waals surface area contributed by atoms with Crippen molar-refractivity contribution in [1.82, 2.24) is 25.1 Å². The highest BCUT2D eigenvalue weighted by atomic mass is 35.5. The van der Waals surface area contributed by atoms with Gasteiger partial charge in [-0.1, -0.05) is 54.9 Å². The Kier molecular flexibility index (Phi) is 8.90. The summed E-state index contributed by atoms with van der Waals surface area (Å²) in [6.07, 6.45) is 3.33. The number of anilines is 1. The number of hydrogen-bond acceptors (Lipinski definition) is 7. The topological polar surface area (TPSA) is 102 Å². The number of carbonyl (C=O) groups is 2. The first-order chi connectivity index (χ1) is 15.8. The molecule has 174 valence electrons. The van der Waals surface area contributed by atoms with Crippen LogP contribution in [0.3, 0.4) is 0 Å². The van der Waals surface area contributed by atoms with Gasteiger partial charge in [0.2, 0.25) is 5.91 Å². The van der Waals surface area contributed by atoms with Crippen molar-refractivity contribution in [3.63, 3.8) is 0 Å². The smallest absolute Gasteiger partial charge is 0.253 e. The van der Waals surface area contributed by atoms with E-state index >= 15 is 0 Å². The summed E-state index contributed by atoms with van der Waals surface area (Å²) in [6, 6.07) is 4.26. The lowest BCUT2D eigenvalue weighted by molar-refractivity contribution is -0.113. The minimum Gasteiger partial charge on any atom is -0.342 e. The molecule has 2 aromatic heterocycles. The van der Waals surface area contributed by atoms with E-state index in [1.54, 1.807) is 29.8 Å². The first kappa shape index (κ1) is 25.2. The molecule has 0 aliphatic carbocycles. The molecule has 2 N–H and O–H groups in total. The number of amides is 2. The maximum Gasteiger partial charge on any atom is 0.253 e. The van der Waals surface area contributed by atoms with E-state index in [-0.39, 0.29) is 28.5 Å². The molecule has 0 fully saturated rings. The summed E-state index contributed by atoms with van der Waals surface area (Å²) in [5.41, 5.74) is 0.315. The lowest BCUT2D eigenvalue weighted by Crippen LogP contribution is -2.34. The van der Waals surface area contributed by atoms with Crippen LogP contribution >= 0.6 is 46.3 Å². The number of thioether (sulfide) groups is 1. The summed E-state index contributed by atoms with van der Waals surface area (Å²) in [7, 11) is 0. The number of nitrogens with one attached hydrogen (secondary N) is 2. The fourth-order valence-corrected chi connectivity index (χ4v) is 4.72. The Bertz CT molecular complexity index is 1130. The zero-order chi connectivity index (χ0) is 24.0. The van der Waals surface area contributed by atoms with Crippen molar-refractivity contribution in [2.75, 3.05) is 11.1 Å². The summed E-state index contributed by atoms with van der Waals surface area (Å²) in [5, 5.41) is 17.9. The highest BCUT2D eigenvalue weighted by Gasteiger charge is 2.27. The third kappa shape index (κ3) is 6.57. The van der Waals surface area contributed by atoms with E-state index in [1.165, 1.54) is 29.2 Å². The van der Waals surface area contributed by atoms with Crippen molar-refractivity contribution in [3.05, 3.63) is 63.9 Å². The van der Waals surface area contributed by atoms with E-state index < -0.39 is 6.04 Å². The van der Waals surface area contributed by atoms with Crippen LogP contribution in [0, 0.1) is 5.92 Å². The van der Waals surface area contributed by atoms with Crippen LogP contribution in [-0.4, -0.2) is 37.3 Å². The summed E-state index contributed by atoms with van der Waals surface area (Å²) < 4.78 is 1.84. The molecule has 2 amide bonds. The Balaban J connectivity index is 1.78. The average molecular weight is 525 g/mol. The fourth-order valence-electron chi connectivity index (χ4n) is 2.93. The Morgan fingerprint density at radius 2 is 2.09 bits per heavy atom. The summed E-state index contributed by atoms with van der Waals surface area (Å²) in [5.74, 6) is 0.148. The Morgan fingerprint density at radius 3 is 2.73 bits per heavy atom. The number of rotatable bonds is 10. The quantitative estimate of drug-likeness (QED) is 0.283. The molecule has 0 unspecified atom stereocenters. The van der Waals surface area contributed by atoms with Crippen molar-refractivity contribution < 1.29 is 9.59 Å². The number of nitrogens with zero attached hydrogens (tertiary/aromatic N) is 4. The molecule has 0 aliphatic rings. The van der Waals surface area contributed by atoms with E-state index in [9.17, 15) is 9.59 Å². The van der Waals surface area contributed by atoms with Crippen LogP contribution in [0.1, 0.15) is 36.1 Å². The Morgan fingerprint density at radius 1 is 1.30 bits per heavy atom. The van der Waals surface area contributed by atoms with Crippen LogP contribution in [0.15, 0.2) is 47.6 Å². The normalized spacial score (nSPS) is 11.9. The molecule has 0 bridgehead atoms. The molecule has 1 aromatic carbocycles. The lowest BCUT2D eigenvalue weighted by Gasteiger charge is -2.23. The van der Waals surface area contributed by atoms with Crippen LogP contribution in [0.5, 0.6) is 0 Å². The molecule has 2 heterocycles. The van der Waals surface area contributed by atoms with Gasteiger partial charge in [-0.15, -0.1) is 28.1 Å². The second kappa shape index (κ2) is 11.6. The first-order valence-electron chi connectivity index (χ1n) is 9.92. The van der Waals surface area contributed by atoms with Crippen molar-refractivity contribution >= 4 is 63.2 Å². The molecule has 3 rings (SSSR count). The molecule has 0 saturated carbocycles. The van der Waals surface area contributed by atoms with Gasteiger partial charge in [-0.2, -0.15) is 0 Å². The van der Waals surface area contributed by atoms with E-state index in [0.29, 0.717) is 33.2 Å². The van der Waals surface area contributed by atoms with Crippen molar-refractivity contribution in [1.29, 1.82) is 0 Å². The number of thiazole rings is 1. The van der Waals surface area contributed by atoms with Crippen LogP contribution in [0.4, 0.5) is 5.13 Å². The predicted molar refractivity (Wildman–Crippen MR) is 133 cm³/mol. The third-order valence-corrected chi connectivity index (χ3v) is 6.68. The van der Waals surface area contributed by atoms with Crippen LogP contribution in [0.25, 0.3) is 0 Å². The van der Waals surface area contributed by atoms with Gasteiger partial charge in [0.25, 0.3) is 5.91 Å². The number of aromatic nitrogens is 4. The van der Waals surface area contributed by atoms with E-state index in [2.05, 4.69) is 32.4 Å². The van der Waals surface area contributed by atoms with Gasteiger partial charge >= 0.3 is 0 Å². The highest BCUT2D eigenvalue weighted by molar-refractivity contribution is 7.99. The van der Waals surface area contributed by atoms with Gasteiger partial charge < -0.3 is 15.2 Å². The SMILES string of the molecule is C=CCn1c(SCC(=O)Nc2nccs2)nnc1[C@H](NC(=O)c1ccc(Cl)cc1Cl)C(C)C. The monoisotopic (exact) mass is 524 g/mol. The minimum absolute atomic E-state index is 0.00107. The summed E-state index contributed by atoms with van der Waals surface area (Å²) in [4.78, 5) is 29.2. The number of benzene rings is 1. The molecule has 0 saturated heterocycles. The predicted octanol–water partition coefficient (Wildman–Crippen LogP) is 5.09. The standard InChI is InChI=1S/C21H22Cl2N6O2S2/c1-4-8-29-18(27-28-21(29)33-11-16(30)25-20-24-7-9-32-20)17(12(2)3)26-19(31)14-6-5-13(22)10-15(14)23/h4-7,9-10,12,17H,1,8,11H2,2-3H3,(H,26,31)(H,24,25,30)/t17-/m1/s1. The maximum absolute atomic E-state index is 12.9. The minimum atomic E-state index is -0.449. The van der Waals surface area contributed by atoms with Gasteiger partial charge in [-0.25, -0.2) is 4.98 Å². The molecule has 33 heavy (non-hydrogen) atoms. The molecule has 3 aromatic rings. The molecular formula is C21H22Cl2N6O2S2. The Labute approximate surface area is 209 Å². The fraction of sp³-hybridized carbons (Fsp3) is 0.286. The number of carbonyl (C=O) groups excluding carboxylic acids is 2. The molecular weight excluding hydrogens is 503 g/mol. The van der Waals surface area contributed by atoms with Gasteiger partial charge in [0.1, 0.15) is 0 Å². The van der Waals surface area contributed by atoms with Crippen molar-refractivity contribution in [2.45, 2.75) is 31.6 Å². The molecule has 12 heteroatoms. The number of allylic oxidation sites excluding steroid dienone is 1. The molecule has 0 spiro atoms. The lowest BCUT2D eigenvalue weighted by atomic mass is 10.0. The highest BCUT2D eigenvalue weighted by Crippen LogP contribution is 2.27. The maximum atomic E-state index is 12.9. The molecule has 1 atom stereocenters. The van der Waals surface area contributed by atoms with E-state index in [4.69, 9.17) is 23.2 Å². The second-order valence-corrected chi connectivity index (χ2v) is 9.91. The zero-order valence-corrected chi connectivity index (χ0v) is 21.1. The molecule has 0 radical (unpaired) electrons. The first-order valence-corrected chi connectivity index (χ1v) is 12.5. The van der Waals surface area contributed by atoms with Gasteiger partial charge in [0.05, 0.1) is 22.4 Å². The summed E-state index contributed by atoms with van der Waals surface area (Å²) >= 11 is 14.7. The van der Waals surface area contributed by atoms with Crippen LogP contribution in [0.2, 0.25) is 10.0 Å². The molecule has 0 aliphatic heterocycles. The van der Waals surface area contributed by atoms with Gasteiger partial charge in [-0.05, 0) is 24.1 Å². The van der Waals surface area contributed by atoms with Crippen molar-refractivity contribution in [2.24, 2.45) is 5.92 Å².